The third-order valence-electron chi connectivity index (χ3n) is 1.95. The number of amides is 1. The molecule has 106 valence electrons. The molecule has 0 saturated carbocycles. The predicted octanol–water partition coefficient (Wildman–Crippen LogP) is -1.81. The molecule has 0 aromatic rings. The summed E-state index contributed by atoms with van der Waals surface area (Å²) in [4.78, 5) is 15.4. The number of carbonyl (C=O) groups is 1. The van der Waals surface area contributed by atoms with Gasteiger partial charge < -0.3 is 20.1 Å². The lowest BCUT2D eigenvalue weighted by molar-refractivity contribution is -0.119. The van der Waals surface area contributed by atoms with Crippen molar-refractivity contribution in [2.24, 2.45) is 10.8 Å². The van der Waals surface area contributed by atoms with Crippen molar-refractivity contribution in [1.29, 1.82) is 0 Å². The van der Waals surface area contributed by atoms with E-state index in [1.165, 1.54) is 0 Å². The van der Waals surface area contributed by atoms with Crippen LogP contribution in [-0.2, 0) is 14.3 Å². The van der Waals surface area contributed by atoms with Gasteiger partial charge in [-0.05, 0) is 6.92 Å². The van der Waals surface area contributed by atoms with Crippen molar-refractivity contribution >= 4 is 11.9 Å². The number of hydrazine groups is 1. The average Bonchev–Trinajstić information content (AvgIpc) is 2.35. The number of ether oxygens (including phenoxy) is 2. The fourth-order valence-electron chi connectivity index (χ4n) is 1.16. The van der Waals surface area contributed by atoms with Crippen molar-refractivity contribution in [2.45, 2.75) is 13.0 Å². The van der Waals surface area contributed by atoms with Crippen LogP contribution < -0.4 is 21.9 Å². The van der Waals surface area contributed by atoms with E-state index < -0.39 is 0 Å². The van der Waals surface area contributed by atoms with Gasteiger partial charge in [0.15, 0.2) is 0 Å². The summed E-state index contributed by atoms with van der Waals surface area (Å²) < 4.78 is 9.77. The molecule has 0 saturated heterocycles. The molecule has 0 spiro atoms. The molecule has 0 aromatic carbocycles. The summed E-state index contributed by atoms with van der Waals surface area (Å²) in [6.45, 7) is 3.36. The van der Waals surface area contributed by atoms with Crippen molar-refractivity contribution in [3.63, 3.8) is 0 Å². The van der Waals surface area contributed by atoms with Crippen molar-refractivity contribution in [3.8, 4) is 0 Å². The molecule has 1 atom stereocenters. The van der Waals surface area contributed by atoms with Crippen LogP contribution in [0, 0.1) is 0 Å². The SMILES string of the molecule is COCCNC(=O)CN=C(NN)NC(C)COC. The minimum atomic E-state index is -0.194. The summed E-state index contributed by atoms with van der Waals surface area (Å²) in [6, 6.07) is 0.0429. The highest BCUT2D eigenvalue weighted by atomic mass is 16.5. The lowest BCUT2D eigenvalue weighted by Gasteiger charge is -2.15. The largest absolute Gasteiger partial charge is 0.383 e. The number of guanidine groups is 1. The minimum absolute atomic E-state index is 0.00402. The van der Waals surface area contributed by atoms with Gasteiger partial charge in [0.2, 0.25) is 11.9 Å². The number of carbonyl (C=O) groups excluding carboxylic acids is 1. The van der Waals surface area contributed by atoms with E-state index in [0.717, 1.165) is 0 Å². The second-order valence-electron chi connectivity index (χ2n) is 3.65. The van der Waals surface area contributed by atoms with Gasteiger partial charge in [0.05, 0.1) is 13.2 Å². The molecular weight excluding hydrogens is 238 g/mol. The summed E-state index contributed by atoms with van der Waals surface area (Å²) in [5.41, 5.74) is 2.39. The highest BCUT2D eigenvalue weighted by Crippen LogP contribution is 1.82. The molecule has 0 aromatic heterocycles. The smallest absolute Gasteiger partial charge is 0.241 e. The first-order valence-corrected chi connectivity index (χ1v) is 5.66. The van der Waals surface area contributed by atoms with Crippen molar-refractivity contribution < 1.29 is 14.3 Å². The van der Waals surface area contributed by atoms with Crippen LogP contribution in [0.1, 0.15) is 6.92 Å². The molecule has 0 aliphatic carbocycles. The maximum absolute atomic E-state index is 11.4. The monoisotopic (exact) mass is 261 g/mol. The van der Waals surface area contributed by atoms with Gasteiger partial charge in [0.1, 0.15) is 6.54 Å². The number of nitrogens with one attached hydrogen (secondary N) is 3. The van der Waals surface area contributed by atoms with Gasteiger partial charge in [-0.3, -0.25) is 10.2 Å². The van der Waals surface area contributed by atoms with E-state index >= 15 is 0 Å². The van der Waals surface area contributed by atoms with Gasteiger partial charge in [0, 0.05) is 26.8 Å². The average molecular weight is 261 g/mol. The van der Waals surface area contributed by atoms with Gasteiger partial charge in [-0.1, -0.05) is 0 Å². The topological polar surface area (TPSA) is 110 Å². The minimum Gasteiger partial charge on any atom is -0.383 e. The summed E-state index contributed by atoms with van der Waals surface area (Å²) in [6.07, 6.45) is 0. The highest BCUT2D eigenvalue weighted by molar-refractivity contribution is 5.84. The number of hydrogen-bond acceptors (Lipinski definition) is 5. The molecule has 0 fully saturated rings. The van der Waals surface area contributed by atoms with Crippen LogP contribution in [0.5, 0.6) is 0 Å². The molecule has 18 heavy (non-hydrogen) atoms. The van der Waals surface area contributed by atoms with Crippen LogP contribution in [0.3, 0.4) is 0 Å². The van der Waals surface area contributed by atoms with Crippen molar-refractivity contribution in [3.05, 3.63) is 0 Å². The normalized spacial score (nSPS) is 13.0. The zero-order valence-corrected chi connectivity index (χ0v) is 11.2. The summed E-state index contributed by atoms with van der Waals surface area (Å²) in [5.74, 6) is 5.44. The van der Waals surface area contributed by atoms with Gasteiger partial charge >= 0.3 is 0 Å². The number of nitrogens with two attached hydrogens (primary N) is 1. The molecule has 0 heterocycles. The second kappa shape index (κ2) is 10.8. The van der Waals surface area contributed by atoms with Gasteiger partial charge in [-0.15, -0.1) is 0 Å². The van der Waals surface area contributed by atoms with E-state index in [-0.39, 0.29) is 18.5 Å². The van der Waals surface area contributed by atoms with Gasteiger partial charge in [0.25, 0.3) is 0 Å². The Kier molecular flexibility index (Phi) is 9.93. The van der Waals surface area contributed by atoms with Crippen LogP contribution in [0.2, 0.25) is 0 Å². The molecule has 1 unspecified atom stereocenters. The molecule has 0 aliphatic heterocycles. The Morgan fingerprint density at radius 3 is 2.67 bits per heavy atom. The molecule has 0 aliphatic rings. The number of nitrogens with zero attached hydrogens (tertiary/aromatic N) is 1. The predicted molar refractivity (Wildman–Crippen MR) is 69.0 cm³/mol. The number of hydrogen-bond donors (Lipinski definition) is 4. The standard InChI is InChI=1S/C10H23N5O3/c1-8(7-18-3)14-10(15-11)13-6-9(16)12-4-5-17-2/h8H,4-7,11H2,1-3H3,(H,12,16)(H2,13,14,15). The fourth-order valence-corrected chi connectivity index (χ4v) is 1.16. The van der Waals surface area contributed by atoms with Crippen LogP contribution >= 0.6 is 0 Å². The second-order valence-corrected chi connectivity index (χ2v) is 3.65. The van der Waals surface area contributed by atoms with Crippen molar-refractivity contribution in [2.75, 3.05) is 40.5 Å². The van der Waals surface area contributed by atoms with Gasteiger partial charge in [-0.2, -0.15) is 0 Å². The maximum Gasteiger partial charge on any atom is 0.241 e. The Hall–Kier alpha value is -1.38. The number of aliphatic imine (C=N–C) groups is 1. The molecule has 5 N–H and O–H groups in total. The summed E-state index contributed by atoms with van der Waals surface area (Å²) in [5, 5.41) is 5.62. The lowest BCUT2D eigenvalue weighted by Crippen LogP contribution is -2.47. The third-order valence-corrected chi connectivity index (χ3v) is 1.95. The summed E-state index contributed by atoms with van der Waals surface area (Å²) >= 11 is 0. The Morgan fingerprint density at radius 2 is 2.11 bits per heavy atom. The zero-order chi connectivity index (χ0) is 13.8. The lowest BCUT2D eigenvalue weighted by atomic mass is 10.4. The van der Waals surface area contributed by atoms with Crippen LogP contribution in [-0.4, -0.2) is 58.4 Å². The Labute approximate surface area is 107 Å². The molecule has 8 heteroatoms. The van der Waals surface area contributed by atoms with Crippen molar-refractivity contribution in [1.82, 2.24) is 16.1 Å². The van der Waals surface area contributed by atoms with E-state index in [9.17, 15) is 4.79 Å². The third kappa shape index (κ3) is 8.74. The quantitative estimate of drug-likeness (QED) is 0.135. The highest BCUT2D eigenvalue weighted by Gasteiger charge is 2.05. The number of methoxy groups -OCH3 is 2. The Bertz CT molecular complexity index is 260. The fraction of sp³-hybridized carbons (Fsp3) is 0.800. The number of rotatable bonds is 8. The molecular formula is C10H23N5O3. The van der Waals surface area contributed by atoms with E-state index in [0.29, 0.717) is 25.7 Å². The van der Waals surface area contributed by atoms with Gasteiger partial charge in [-0.25, -0.2) is 10.8 Å². The van der Waals surface area contributed by atoms with E-state index in [2.05, 4.69) is 21.1 Å². The van der Waals surface area contributed by atoms with E-state index in [1.54, 1.807) is 14.2 Å². The Morgan fingerprint density at radius 1 is 1.39 bits per heavy atom. The first kappa shape index (κ1) is 16.6. The van der Waals surface area contributed by atoms with Crippen LogP contribution in [0.4, 0.5) is 0 Å². The summed E-state index contributed by atoms with van der Waals surface area (Å²) in [7, 11) is 3.18. The molecule has 0 bridgehead atoms. The Balaban J connectivity index is 3.98. The first-order valence-electron chi connectivity index (χ1n) is 5.66. The molecule has 0 radical (unpaired) electrons. The van der Waals surface area contributed by atoms with E-state index in [4.69, 9.17) is 15.3 Å². The molecule has 8 nitrogen and oxygen atoms in total. The molecule has 1 amide bonds. The zero-order valence-electron chi connectivity index (χ0n) is 11.2. The first-order chi connectivity index (χ1) is 8.63. The maximum atomic E-state index is 11.4. The molecule has 0 rings (SSSR count). The van der Waals surface area contributed by atoms with Crippen LogP contribution in [0.25, 0.3) is 0 Å². The van der Waals surface area contributed by atoms with E-state index in [1.807, 2.05) is 6.92 Å². The van der Waals surface area contributed by atoms with Crippen LogP contribution in [0.15, 0.2) is 4.99 Å².